The first kappa shape index (κ1) is 23.5. The van der Waals surface area contributed by atoms with Crippen LogP contribution in [-0.4, -0.2) is 20.6 Å². The second kappa shape index (κ2) is 9.41. The van der Waals surface area contributed by atoms with Gasteiger partial charge in [0.2, 0.25) is 11.7 Å². The molecule has 7 heteroatoms. The second-order valence-electron chi connectivity index (χ2n) is 10.1. The van der Waals surface area contributed by atoms with E-state index in [0.717, 1.165) is 16.5 Å². The number of aromatic nitrogens is 3. The van der Waals surface area contributed by atoms with Gasteiger partial charge in [-0.3, -0.25) is 4.79 Å². The third-order valence-electron chi connectivity index (χ3n) is 5.84. The molecule has 0 spiro atoms. The molecule has 1 N–H and O–H groups in total. The summed E-state index contributed by atoms with van der Waals surface area (Å²) in [5, 5.41) is 8.01. The summed E-state index contributed by atoms with van der Waals surface area (Å²) < 4.78 is 22.2. The lowest BCUT2D eigenvalue weighted by Gasteiger charge is -2.17. The monoisotopic (exact) mass is 482 g/mol. The van der Waals surface area contributed by atoms with Crippen LogP contribution in [0.15, 0.2) is 83.4 Å². The smallest absolute Gasteiger partial charge is 0.274 e. The van der Waals surface area contributed by atoms with Crippen molar-refractivity contribution in [3.05, 3.63) is 90.2 Å². The van der Waals surface area contributed by atoms with E-state index in [2.05, 4.69) is 15.5 Å². The largest absolute Gasteiger partial charge is 0.332 e. The van der Waals surface area contributed by atoms with Crippen molar-refractivity contribution in [2.75, 3.05) is 5.32 Å². The highest BCUT2D eigenvalue weighted by Gasteiger charge is 2.20. The molecule has 0 bridgehead atoms. The van der Waals surface area contributed by atoms with Gasteiger partial charge in [0.1, 0.15) is 11.5 Å². The predicted molar refractivity (Wildman–Crippen MR) is 139 cm³/mol. The van der Waals surface area contributed by atoms with Crippen molar-refractivity contribution in [1.82, 2.24) is 14.7 Å². The Hall–Kier alpha value is -4.26. The van der Waals surface area contributed by atoms with Gasteiger partial charge in [-0.25, -0.2) is 4.39 Å². The van der Waals surface area contributed by atoms with Gasteiger partial charge in [-0.15, -0.1) is 0 Å². The number of carbonyl (C=O) groups is 1. The van der Waals surface area contributed by atoms with Crippen LogP contribution in [0.1, 0.15) is 32.8 Å². The summed E-state index contributed by atoms with van der Waals surface area (Å²) in [4.78, 5) is 17.1. The number of carbonyl (C=O) groups excluding carboxylic acids is 1. The van der Waals surface area contributed by atoms with Crippen molar-refractivity contribution >= 4 is 22.5 Å². The van der Waals surface area contributed by atoms with Gasteiger partial charge in [-0.2, -0.15) is 4.98 Å². The molecule has 3 aromatic carbocycles. The topological polar surface area (TPSA) is 73.0 Å². The van der Waals surface area contributed by atoms with Crippen LogP contribution in [0.3, 0.4) is 0 Å². The maximum Gasteiger partial charge on any atom is 0.274 e. The van der Waals surface area contributed by atoms with Crippen LogP contribution in [0.4, 0.5) is 10.1 Å². The molecular formula is C29H27FN4O2. The van der Waals surface area contributed by atoms with Gasteiger partial charge in [0.05, 0.1) is 6.54 Å². The second-order valence-corrected chi connectivity index (χ2v) is 10.1. The lowest BCUT2D eigenvalue weighted by Crippen LogP contribution is -2.19. The zero-order chi connectivity index (χ0) is 25.3. The Kier molecular flexibility index (Phi) is 6.14. The standard InChI is InChI=1S/C29H27FN4O2/c1-29(2,3)17-26(35)31-22-13-14-24-21(15-22)16-25(34(24)18-20-11-7-8-12-23(20)30)28-32-27(33-36-28)19-9-5-4-6-10-19/h4-16H,17-18H2,1-3H3,(H,31,35). The molecule has 0 atom stereocenters. The fraction of sp³-hybridized carbons (Fsp3) is 0.207. The van der Waals surface area contributed by atoms with Crippen LogP contribution >= 0.6 is 0 Å². The highest BCUT2D eigenvalue weighted by Crippen LogP contribution is 2.32. The Morgan fingerprint density at radius 2 is 1.75 bits per heavy atom. The molecule has 0 saturated heterocycles. The third kappa shape index (κ3) is 5.05. The van der Waals surface area contributed by atoms with E-state index in [1.54, 1.807) is 12.1 Å². The van der Waals surface area contributed by atoms with Crippen molar-refractivity contribution < 1.29 is 13.7 Å². The molecule has 0 aliphatic heterocycles. The predicted octanol–water partition coefficient (Wildman–Crippen LogP) is 6.92. The number of amides is 1. The molecule has 0 radical (unpaired) electrons. The molecule has 2 aromatic heterocycles. The van der Waals surface area contributed by atoms with Crippen molar-refractivity contribution in [2.45, 2.75) is 33.7 Å². The fourth-order valence-electron chi connectivity index (χ4n) is 4.21. The highest BCUT2D eigenvalue weighted by molar-refractivity contribution is 5.95. The summed E-state index contributed by atoms with van der Waals surface area (Å²) in [5.74, 6) is 0.479. The van der Waals surface area contributed by atoms with Gasteiger partial charge >= 0.3 is 0 Å². The SMILES string of the molecule is CC(C)(C)CC(=O)Nc1ccc2c(c1)cc(-c1nc(-c3ccccc3)no1)n2Cc1ccccc1F. The number of hydrogen-bond acceptors (Lipinski definition) is 4. The lowest BCUT2D eigenvalue weighted by atomic mass is 9.92. The zero-order valence-electron chi connectivity index (χ0n) is 20.5. The van der Waals surface area contributed by atoms with Crippen LogP contribution in [0, 0.1) is 11.2 Å². The van der Waals surface area contributed by atoms with Gasteiger partial charge in [-0.1, -0.05) is 74.5 Å². The van der Waals surface area contributed by atoms with Crippen molar-refractivity contribution in [3.8, 4) is 23.0 Å². The first-order valence-corrected chi connectivity index (χ1v) is 11.8. The summed E-state index contributed by atoms with van der Waals surface area (Å²) in [6, 6.07) is 23.9. The maximum absolute atomic E-state index is 14.6. The van der Waals surface area contributed by atoms with Crippen LogP contribution in [-0.2, 0) is 11.3 Å². The maximum atomic E-state index is 14.6. The summed E-state index contributed by atoms with van der Waals surface area (Å²) >= 11 is 0. The van der Waals surface area contributed by atoms with E-state index in [9.17, 15) is 9.18 Å². The van der Waals surface area contributed by atoms with E-state index >= 15 is 0 Å². The van der Waals surface area contributed by atoms with Crippen LogP contribution in [0.2, 0.25) is 0 Å². The minimum atomic E-state index is -0.285. The molecule has 5 aromatic rings. The number of hydrogen-bond donors (Lipinski definition) is 1. The molecular weight excluding hydrogens is 455 g/mol. The Bertz CT molecular complexity index is 1530. The van der Waals surface area contributed by atoms with Gasteiger partial charge in [0, 0.05) is 34.1 Å². The number of rotatable bonds is 6. The average molecular weight is 483 g/mol. The number of fused-ring (bicyclic) bond motifs is 1. The number of benzene rings is 3. The van der Waals surface area contributed by atoms with Crippen LogP contribution in [0.5, 0.6) is 0 Å². The molecule has 0 aliphatic rings. The molecule has 36 heavy (non-hydrogen) atoms. The molecule has 0 fully saturated rings. The van der Waals surface area contributed by atoms with E-state index in [0.29, 0.717) is 35.1 Å². The van der Waals surface area contributed by atoms with Gasteiger partial charge < -0.3 is 14.4 Å². The first-order valence-electron chi connectivity index (χ1n) is 11.8. The van der Waals surface area contributed by atoms with E-state index in [4.69, 9.17) is 4.52 Å². The number of anilines is 1. The van der Waals surface area contributed by atoms with E-state index < -0.39 is 0 Å². The molecule has 1 amide bonds. The Morgan fingerprint density at radius 1 is 1.00 bits per heavy atom. The summed E-state index contributed by atoms with van der Waals surface area (Å²) in [7, 11) is 0. The Labute approximate surface area is 208 Å². The molecule has 2 heterocycles. The fourth-order valence-corrected chi connectivity index (χ4v) is 4.21. The van der Waals surface area contributed by atoms with E-state index in [-0.39, 0.29) is 23.7 Å². The first-order chi connectivity index (χ1) is 17.3. The Morgan fingerprint density at radius 3 is 2.50 bits per heavy atom. The van der Waals surface area contributed by atoms with Crippen LogP contribution < -0.4 is 5.32 Å². The molecule has 5 rings (SSSR count). The van der Waals surface area contributed by atoms with E-state index in [1.165, 1.54) is 6.07 Å². The number of halogens is 1. The minimum absolute atomic E-state index is 0.0442. The highest BCUT2D eigenvalue weighted by atomic mass is 19.1. The Balaban J connectivity index is 1.56. The zero-order valence-corrected chi connectivity index (χ0v) is 20.5. The van der Waals surface area contributed by atoms with Crippen molar-refractivity contribution in [1.29, 1.82) is 0 Å². The van der Waals surface area contributed by atoms with Gasteiger partial charge in [0.25, 0.3) is 5.89 Å². The van der Waals surface area contributed by atoms with Gasteiger partial charge in [-0.05, 0) is 35.7 Å². The van der Waals surface area contributed by atoms with Crippen LogP contribution in [0.25, 0.3) is 33.9 Å². The minimum Gasteiger partial charge on any atom is -0.332 e. The molecule has 0 saturated carbocycles. The average Bonchev–Trinajstić information content (AvgIpc) is 3.45. The summed E-state index contributed by atoms with van der Waals surface area (Å²) in [6.07, 6.45) is 0.412. The van der Waals surface area contributed by atoms with E-state index in [1.807, 2.05) is 86.0 Å². The number of nitrogens with one attached hydrogen (secondary N) is 1. The van der Waals surface area contributed by atoms with Gasteiger partial charge in [0.15, 0.2) is 0 Å². The van der Waals surface area contributed by atoms with Crippen molar-refractivity contribution in [3.63, 3.8) is 0 Å². The van der Waals surface area contributed by atoms with Crippen molar-refractivity contribution in [2.24, 2.45) is 5.41 Å². The summed E-state index contributed by atoms with van der Waals surface area (Å²) in [5.41, 5.74) is 3.50. The third-order valence-corrected chi connectivity index (χ3v) is 5.84. The molecule has 0 aliphatic carbocycles. The normalized spacial score (nSPS) is 11.7. The lowest BCUT2D eigenvalue weighted by molar-refractivity contribution is -0.117. The quantitative estimate of drug-likeness (QED) is 0.285. The molecule has 0 unspecified atom stereocenters. The molecule has 182 valence electrons. The summed E-state index contributed by atoms with van der Waals surface area (Å²) in [6.45, 7) is 6.36. The number of nitrogens with zero attached hydrogens (tertiary/aromatic N) is 3. The molecule has 6 nitrogen and oxygen atoms in total.